The molecule has 0 fully saturated rings. The van der Waals surface area contributed by atoms with Gasteiger partial charge >= 0.3 is 6.09 Å². The first-order valence-corrected chi connectivity index (χ1v) is 8.30. The third-order valence-corrected chi connectivity index (χ3v) is 3.98. The van der Waals surface area contributed by atoms with E-state index in [2.05, 4.69) is 4.99 Å². The molecule has 2 aromatic carbocycles. The topological polar surface area (TPSA) is 41.9 Å². The molecule has 4 nitrogen and oxygen atoms in total. The van der Waals surface area contributed by atoms with Crippen LogP contribution in [0.15, 0.2) is 53.5 Å². The average Bonchev–Trinajstić information content (AvgIpc) is 3.00. The third kappa shape index (κ3) is 3.90. The molecule has 0 saturated heterocycles. The largest absolute Gasteiger partial charge is 0.443 e. The van der Waals surface area contributed by atoms with E-state index in [1.807, 2.05) is 0 Å². The second-order valence-electron chi connectivity index (χ2n) is 7.14. The van der Waals surface area contributed by atoms with Gasteiger partial charge in [-0.3, -0.25) is 9.89 Å². The van der Waals surface area contributed by atoms with Gasteiger partial charge < -0.3 is 4.74 Å². The summed E-state index contributed by atoms with van der Waals surface area (Å²) < 4.78 is 32.1. The van der Waals surface area contributed by atoms with Crippen LogP contribution < -0.4 is 0 Å². The molecule has 0 N–H and O–H groups in total. The van der Waals surface area contributed by atoms with Crippen molar-refractivity contribution in [1.29, 1.82) is 0 Å². The number of nitrogens with zero attached hydrogens (tertiary/aromatic N) is 2. The van der Waals surface area contributed by atoms with Crippen molar-refractivity contribution in [3.63, 3.8) is 0 Å². The molecule has 26 heavy (non-hydrogen) atoms. The number of hydrogen-bond donors (Lipinski definition) is 0. The molecule has 1 aliphatic rings. The van der Waals surface area contributed by atoms with Crippen LogP contribution in [-0.2, 0) is 4.74 Å². The van der Waals surface area contributed by atoms with Gasteiger partial charge in [0.1, 0.15) is 23.3 Å². The van der Waals surface area contributed by atoms with E-state index in [-0.39, 0.29) is 11.6 Å². The van der Waals surface area contributed by atoms with Crippen molar-refractivity contribution in [3.05, 3.63) is 71.3 Å². The molecule has 0 aromatic heterocycles. The monoisotopic (exact) mass is 358 g/mol. The molecule has 0 aliphatic carbocycles. The van der Waals surface area contributed by atoms with Crippen molar-refractivity contribution >= 4 is 12.4 Å². The summed E-state index contributed by atoms with van der Waals surface area (Å²) in [5, 5.41) is 0. The second kappa shape index (κ2) is 6.86. The van der Waals surface area contributed by atoms with Gasteiger partial charge in [0.25, 0.3) is 0 Å². The van der Waals surface area contributed by atoms with E-state index in [1.54, 1.807) is 45.0 Å². The molecule has 2 aromatic rings. The lowest BCUT2D eigenvalue weighted by atomic mass is 9.94. The number of aliphatic imine (C=N–C) groups is 1. The summed E-state index contributed by atoms with van der Waals surface area (Å²) in [6.45, 7) is 5.34. The van der Waals surface area contributed by atoms with Crippen molar-refractivity contribution < 1.29 is 18.3 Å². The number of ether oxygens (including phenoxy) is 1. The Hall–Kier alpha value is -2.76. The Kier molecular flexibility index (Phi) is 4.76. The first kappa shape index (κ1) is 18.0. The molecule has 0 unspecified atom stereocenters. The molecular weight excluding hydrogens is 338 g/mol. The highest BCUT2D eigenvalue weighted by atomic mass is 19.1. The molecule has 6 heteroatoms. The van der Waals surface area contributed by atoms with Crippen LogP contribution in [0.3, 0.4) is 0 Å². The first-order valence-electron chi connectivity index (χ1n) is 8.30. The Morgan fingerprint density at radius 1 is 0.962 bits per heavy atom. The quantitative estimate of drug-likeness (QED) is 0.756. The predicted molar refractivity (Wildman–Crippen MR) is 94.8 cm³/mol. The van der Waals surface area contributed by atoms with E-state index in [0.717, 1.165) is 5.56 Å². The molecule has 2 atom stereocenters. The lowest BCUT2D eigenvalue weighted by molar-refractivity contribution is 0.0323. The normalized spacial score (nSPS) is 19.7. The number of rotatable bonds is 2. The first-order chi connectivity index (χ1) is 12.2. The van der Waals surface area contributed by atoms with Gasteiger partial charge in [0, 0.05) is 0 Å². The highest BCUT2D eigenvalue weighted by Crippen LogP contribution is 2.40. The lowest BCUT2D eigenvalue weighted by Crippen LogP contribution is -2.37. The van der Waals surface area contributed by atoms with Gasteiger partial charge in [0.05, 0.1) is 12.4 Å². The lowest BCUT2D eigenvalue weighted by Gasteiger charge is -2.29. The van der Waals surface area contributed by atoms with Crippen LogP contribution >= 0.6 is 0 Å². The van der Waals surface area contributed by atoms with Crippen molar-refractivity contribution in [3.8, 4) is 0 Å². The highest BCUT2D eigenvalue weighted by molar-refractivity contribution is 5.85. The van der Waals surface area contributed by atoms with Crippen molar-refractivity contribution in [2.24, 2.45) is 4.99 Å². The van der Waals surface area contributed by atoms with E-state index in [0.29, 0.717) is 5.56 Å². The smallest absolute Gasteiger partial charge is 0.416 e. The van der Waals surface area contributed by atoms with Gasteiger partial charge in [-0.25, -0.2) is 13.6 Å². The van der Waals surface area contributed by atoms with Crippen LogP contribution in [0.4, 0.5) is 13.6 Å². The Balaban J connectivity index is 1.97. The van der Waals surface area contributed by atoms with E-state index < -0.39 is 23.8 Å². The van der Waals surface area contributed by atoms with E-state index >= 15 is 0 Å². The Labute approximate surface area is 151 Å². The molecule has 136 valence electrons. The predicted octanol–water partition coefficient (Wildman–Crippen LogP) is 5.03. The van der Waals surface area contributed by atoms with Gasteiger partial charge in [-0.1, -0.05) is 24.3 Å². The molecule has 1 aliphatic heterocycles. The maximum absolute atomic E-state index is 13.3. The number of carbonyl (C=O) groups excluding carboxylic acids is 1. The Morgan fingerprint density at radius 2 is 1.46 bits per heavy atom. The summed E-state index contributed by atoms with van der Waals surface area (Å²) in [7, 11) is 0. The van der Waals surface area contributed by atoms with Gasteiger partial charge in [-0.15, -0.1) is 0 Å². The average molecular weight is 358 g/mol. The van der Waals surface area contributed by atoms with Crippen molar-refractivity contribution in [2.45, 2.75) is 38.5 Å². The van der Waals surface area contributed by atoms with E-state index in [4.69, 9.17) is 4.74 Å². The summed E-state index contributed by atoms with van der Waals surface area (Å²) in [4.78, 5) is 18.4. The number of hydrogen-bond acceptors (Lipinski definition) is 3. The third-order valence-electron chi connectivity index (χ3n) is 3.98. The molecule has 0 spiro atoms. The van der Waals surface area contributed by atoms with Crippen molar-refractivity contribution in [1.82, 2.24) is 4.90 Å². The molecule has 0 saturated carbocycles. The SMILES string of the molecule is CC(C)(C)OC(=O)N1C=N[C@@H](c2ccc(F)cc2)[C@H]1c1ccc(F)cc1. The minimum Gasteiger partial charge on any atom is -0.443 e. The second-order valence-corrected chi connectivity index (χ2v) is 7.14. The maximum Gasteiger partial charge on any atom is 0.416 e. The minimum atomic E-state index is -0.660. The molecular formula is C20H20F2N2O2. The molecule has 0 bridgehead atoms. The fourth-order valence-electron chi connectivity index (χ4n) is 2.86. The van der Waals surface area contributed by atoms with Gasteiger partial charge in [-0.05, 0) is 56.2 Å². The highest BCUT2D eigenvalue weighted by Gasteiger charge is 2.38. The van der Waals surface area contributed by atoms with Crippen LogP contribution in [0.1, 0.15) is 44.0 Å². The standard InChI is InChI=1S/C20H20F2N2O2/c1-20(2,3)26-19(25)24-12-23-17(13-4-8-15(21)9-5-13)18(24)14-6-10-16(22)11-7-14/h4-12,17-18H,1-3H3/t17-,18+/m0/s1. The minimum absolute atomic E-state index is 0.349. The molecule has 3 rings (SSSR count). The summed E-state index contributed by atoms with van der Waals surface area (Å²) in [6, 6.07) is 10.9. The summed E-state index contributed by atoms with van der Waals surface area (Å²) in [5.41, 5.74) is 0.804. The zero-order valence-corrected chi connectivity index (χ0v) is 14.8. The number of carbonyl (C=O) groups is 1. The molecule has 1 amide bonds. The fraction of sp³-hybridized carbons (Fsp3) is 0.300. The van der Waals surface area contributed by atoms with Crippen LogP contribution in [0, 0.1) is 11.6 Å². The molecule has 1 heterocycles. The van der Waals surface area contributed by atoms with Gasteiger partial charge in [-0.2, -0.15) is 0 Å². The van der Waals surface area contributed by atoms with Crippen LogP contribution in [0.2, 0.25) is 0 Å². The number of benzene rings is 2. The summed E-state index contributed by atoms with van der Waals surface area (Å²) in [5.74, 6) is -0.715. The Bertz CT molecular complexity index is 811. The maximum atomic E-state index is 13.3. The zero-order valence-electron chi connectivity index (χ0n) is 14.8. The van der Waals surface area contributed by atoms with Gasteiger partial charge in [0.15, 0.2) is 0 Å². The van der Waals surface area contributed by atoms with E-state index in [9.17, 15) is 13.6 Å². The molecule has 0 radical (unpaired) electrons. The number of amides is 1. The zero-order chi connectivity index (χ0) is 18.9. The van der Waals surface area contributed by atoms with Crippen LogP contribution in [0.25, 0.3) is 0 Å². The Morgan fingerprint density at radius 3 is 1.96 bits per heavy atom. The summed E-state index contributed by atoms with van der Waals surface area (Å²) >= 11 is 0. The van der Waals surface area contributed by atoms with Gasteiger partial charge in [0.2, 0.25) is 0 Å². The fourth-order valence-corrected chi connectivity index (χ4v) is 2.86. The number of halogens is 2. The van der Waals surface area contributed by atoms with Crippen LogP contribution in [-0.4, -0.2) is 22.9 Å². The van der Waals surface area contributed by atoms with Crippen molar-refractivity contribution in [2.75, 3.05) is 0 Å². The summed E-state index contributed by atoms with van der Waals surface area (Å²) in [6.07, 6.45) is 0.885. The van der Waals surface area contributed by atoms with Crippen LogP contribution in [0.5, 0.6) is 0 Å². The van der Waals surface area contributed by atoms with E-state index in [1.165, 1.54) is 35.5 Å².